The first kappa shape index (κ1) is 15.0. The molecule has 108 valence electrons. The summed E-state index contributed by atoms with van der Waals surface area (Å²) >= 11 is 0. The van der Waals surface area contributed by atoms with Crippen LogP contribution in [0.3, 0.4) is 0 Å². The van der Waals surface area contributed by atoms with Crippen LogP contribution in [0.5, 0.6) is 0 Å². The molecule has 21 heavy (non-hydrogen) atoms. The van der Waals surface area contributed by atoms with Gasteiger partial charge in [-0.15, -0.1) is 0 Å². The molecule has 5 heteroatoms. The van der Waals surface area contributed by atoms with Crippen LogP contribution < -0.4 is 5.14 Å². The number of nitrogens with two attached hydrogens (primary N) is 1. The van der Waals surface area contributed by atoms with Crippen molar-refractivity contribution in [2.45, 2.75) is 5.03 Å². The summed E-state index contributed by atoms with van der Waals surface area (Å²) in [5.41, 5.74) is 2.55. The molecule has 1 aromatic heterocycles. The van der Waals surface area contributed by atoms with Gasteiger partial charge in [0.1, 0.15) is 5.03 Å². The Bertz CT molecular complexity index is 715. The number of hydrogen-bond donors (Lipinski definition) is 2. The molecular formula is C16H16N2O2S. The van der Waals surface area contributed by atoms with E-state index in [2.05, 4.69) is 53.5 Å². The largest absolute Gasteiger partial charge is 0.351 e. The Morgan fingerprint density at radius 2 is 1.19 bits per heavy atom. The normalized spacial score (nSPS) is 10.5. The summed E-state index contributed by atoms with van der Waals surface area (Å²) in [5.74, 6) is 0. The van der Waals surface area contributed by atoms with E-state index < -0.39 is 10.0 Å². The van der Waals surface area contributed by atoms with Crippen LogP contribution in [0.15, 0.2) is 84.0 Å². The van der Waals surface area contributed by atoms with E-state index in [0.717, 1.165) is 0 Å². The van der Waals surface area contributed by atoms with Crippen LogP contribution in [0.4, 0.5) is 0 Å². The van der Waals surface area contributed by atoms with Crippen molar-refractivity contribution >= 4 is 10.0 Å². The van der Waals surface area contributed by atoms with Crippen LogP contribution in [0.2, 0.25) is 0 Å². The summed E-state index contributed by atoms with van der Waals surface area (Å²) in [5, 5.41) is 4.79. The zero-order valence-electron chi connectivity index (χ0n) is 11.3. The number of sulfonamides is 1. The smallest absolute Gasteiger partial charge is 0.253 e. The van der Waals surface area contributed by atoms with Gasteiger partial charge in [-0.2, -0.15) is 0 Å². The number of H-pyrrole nitrogens is 1. The van der Waals surface area contributed by atoms with E-state index in [0.29, 0.717) is 0 Å². The predicted octanol–water partition coefficient (Wildman–Crippen LogP) is 3.02. The Kier molecular flexibility index (Phi) is 4.92. The summed E-state index contributed by atoms with van der Waals surface area (Å²) in [7, 11) is -3.52. The summed E-state index contributed by atoms with van der Waals surface area (Å²) in [6.45, 7) is 0. The topological polar surface area (TPSA) is 76.0 Å². The first-order valence-corrected chi connectivity index (χ1v) is 7.88. The second-order valence-electron chi connectivity index (χ2n) is 4.31. The van der Waals surface area contributed by atoms with Gasteiger partial charge >= 0.3 is 0 Å². The average molecular weight is 300 g/mol. The average Bonchev–Trinajstić information content (AvgIpc) is 3.04. The molecule has 2 aromatic carbocycles. The summed E-state index contributed by atoms with van der Waals surface area (Å²) < 4.78 is 20.9. The van der Waals surface area contributed by atoms with E-state index in [9.17, 15) is 8.42 Å². The monoisotopic (exact) mass is 300 g/mol. The van der Waals surface area contributed by atoms with Gasteiger partial charge in [-0.3, -0.25) is 0 Å². The molecule has 0 fully saturated rings. The highest BCUT2D eigenvalue weighted by atomic mass is 32.2. The molecule has 0 amide bonds. The molecule has 0 spiro atoms. The SMILES string of the molecule is NS(=O)(=O)c1ccc[nH]1.c1ccc(-c2ccccc2)cc1. The number of aromatic nitrogens is 1. The highest BCUT2D eigenvalue weighted by Crippen LogP contribution is 2.17. The third-order valence-electron chi connectivity index (χ3n) is 2.76. The highest BCUT2D eigenvalue weighted by Gasteiger charge is 2.05. The van der Waals surface area contributed by atoms with Gasteiger partial charge in [0.05, 0.1) is 0 Å². The zero-order chi connectivity index (χ0) is 15.1. The molecule has 3 aromatic rings. The minimum atomic E-state index is -3.52. The molecule has 1 heterocycles. The van der Waals surface area contributed by atoms with Crippen molar-refractivity contribution in [2.75, 3.05) is 0 Å². The molecular weight excluding hydrogens is 284 g/mol. The first-order chi connectivity index (χ1) is 10.1. The maximum absolute atomic E-state index is 10.4. The fourth-order valence-electron chi connectivity index (χ4n) is 1.75. The number of primary sulfonamides is 1. The molecule has 0 saturated heterocycles. The van der Waals surface area contributed by atoms with Gasteiger partial charge < -0.3 is 4.98 Å². The number of rotatable bonds is 2. The molecule has 0 atom stereocenters. The fraction of sp³-hybridized carbons (Fsp3) is 0. The van der Waals surface area contributed by atoms with E-state index in [1.54, 1.807) is 6.07 Å². The molecule has 3 N–H and O–H groups in total. The van der Waals surface area contributed by atoms with Gasteiger partial charge in [-0.25, -0.2) is 13.6 Å². The molecule has 0 aliphatic carbocycles. The molecule has 0 unspecified atom stereocenters. The van der Waals surface area contributed by atoms with E-state index in [1.807, 2.05) is 12.1 Å². The van der Waals surface area contributed by atoms with Gasteiger partial charge in [0.25, 0.3) is 10.0 Å². The summed E-state index contributed by atoms with van der Waals surface area (Å²) in [4.78, 5) is 2.46. The van der Waals surface area contributed by atoms with Crippen molar-refractivity contribution in [3.8, 4) is 11.1 Å². The lowest BCUT2D eigenvalue weighted by Gasteiger charge is -1.98. The van der Waals surface area contributed by atoms with Crippen molar-refractivity contribution in [1.29, 1.82) is 0 Å². The van der Waals surface area contributed by atoms with Crippen molar-refractivity contribution in [3.05, 3.63) is 79.0 Å². The van der Waals surface area contributed by atoms with Crippen LogP contribution in [-0.4, -0.2) is 13.4 Å². The number of aromatic amines is 1. The van der Waals surface area contributed by atoms with Crippen LogP contribution in [0.25, 0.3) is 11.1 Å². The van der Waals surface area contributed by atoms with Gasteiger partial charge in [0, 0.05) is 6.20 Å². The Balaban J connectivity index is 0.000000161. The second kappa shape index (κ2) is 6.88. The van der Waals surface area contributed by atoms with E-state index >= 15 is 0 Å². The first-order valence-electron chi connectivity index (χ1n) is 6.34. The van der Waals surface area contributed by atoms with Gasteiger partial charge in [0.2, 0.25) is 0 Å². The third-order valence-corrected chi connectivity index (χ3v) is 3.62. The minimum absolute atomic E-state index is 0.0440. The lowest BCUT2D eigenvalue weighted by Crippen LogP contribution is -2.12. The third kappa shape index (κ3) is 4.59. The predicted molar refractivity (Wildman–Crippen MR) is 84.0 cm³/mol. The minimum Gasteiger partial charge on any atom is -0.351 e. The number of hydrogen-bond acceptors (Lipinski definition) is 2. The van der Waals surface area contributed by atoms with Crippen LogP contribution in [-0.2, 0) is 10.0 Å². The lowest BCUT2D eigenvalue weighted by atomic mass is 10.1. The molecule has 0 radical (unpaired) electrons. The van der Waals surface area contributed by atoms with Gasteiger partial charge in [-0.05, 0) is 23.3 Å². The molecule has 0 bridgehead atoms. The quantitative estimate of drug-likeness (QED) is 0.763. The standard InChI is InChI=1S/C12H10.C4H6N2O2S/c1-3-7-11(8-4-1)12-9-5-2-6-10-12;5-9(7,8)4-2-1-3-6-4/h1-10H;1-3,6H,(H2,5,7,8). The summed E-state index contributed by atoms with van der Waals surface area (Å²) in [6, 6.07) is 23.7. The second-order valence-corrected chi connectivity index (χ2v) is 5.84. The lowest BCUT2D eigenvalue weighted by molar-refractivity contribution is 0.595. The Labute approximate surface area is 124 Å². The van der Waals surface area contributed by atoms with Gasteiger partial charge in [0.15, 0.2) is 0 Å². The van der Waals surface area contributed by atoms with Gasteiger partial charge in [-0.1, -0.05) is 60.7 Å². The number of nitrogens with one attached hydrogen (secondary N) is 1. The zero-order valence-corrected chi connectivity index (χ0v) is 12.1. The van der Waals surface area contributed by atoms with Crippen molar-refractivity contribution in [1.82, 2.24) is 4.98 Å². The molecule has 0 aliphatic rings. The van der Waals surface area contributed by atoms with Crippen molar-refractivity contribution in [3.63, 3.8) is 0 Å². The molecule has 3 rings (SSSR count). The maximum atomic E-state index is 10.4. The van der Waals surface area contributed by atoms with Crippen molar-refractivity contribution < 1.29 is 8.42 Å². The Hall–Kier alpha value is -2.37. The molecule has 0 saturated carbocycles. The Morgan fingerprint density at radius 1 is 0.714 bits per heavy atom. The fourth-order valence-corrected chi connectivity index (χ4v) is 2.25. The van der Waals surface area contributed by atoms with E-state index in [1.165, 1.54) is 23.4 Å². The summed E-state index contributed by atoms with van der Waals surface area (Å²) in [6.07, 6.45) is 1.50. The van der Waals surface area contributed by atoms with Crippen LogP contribution in [0, 0.1) is 0 Å². The van der Waals surface area contributed by atoms with Crippen LogP contribution in [0.1, 0.15) is 0 Å². The van der Waals surface area contributed by atoms with Crippen molar-refractivity contribution in [2.24, 2.45) is 5.14 Å². The van der Waals surface area contributed by atoms with Crippen LogP contribution >= 0.6 is 0 Å². The molecule has 0 aliphatic heterocycles. The number of benzene rings is 2. The van der Waals surface area contributed by atoms with E-state index in [-0.39, 0.29) is 5.03 Å². The molecule has 4 nitrogen and oxygen atoms in total. The maximum Gasteiger partial charge on any atom is 0.253 e. The Morgan fingerprint density at radius 3 is 1.48 bits per heavy atom. The highest BCUT2D eigenvalue weighted by molar-refractivity contribution is 7.89. The van der Waals surface area contributed by atoms with E-state index in [4.69, 9.17) is 5.14 Å².